The lowest BCUT2D eigenvalue weighted by Crippen LogP contribution is -2.26. The standard InChI is InChI=1S/C38H58N4/c1-33(2,3)26-23-42(36(10,11)12)32-29(26)25(17-21-40-32)37(13,14)19-20-38(15,16)27-24-41(35(7,8)9)28-18-22-39-31(30(27)28)34(4,5)6/h17-18,21-24H,19-20H2,1-16H3. The van der Waals surface area contributed by atoms with Crippen LogP contribution in [0.1, 0.15) is 146 Å². The summed E-state index contributed by atoms with van der Waals surface area (Å²) >= 11 is 0. The maximum absolute atomic E-state index is 4.97. The molecule has 4 rings (SSSR count). The Bertz CT molecular complexity index is 1600. The third kappa shape index (κ3) is 5.80. The zero-order chi connectivity index (χ0) is 31.8. The summed E-state index contributed by atoms with van der Waals surface area (Å²) in [5, 5.41) is 2.68. The van der Waals surface area contributed by atoms with Crippen LogP contribution in [0, 0.1) is 0 Å². The maximum atomic E-state index is 4.97. The van der Waals surface area contributed by atoms with E-state index in [1.807, 2.05) is 12.4 Å². The average Bonchev–Trinajstić information content (AvgIpc) is 3.42. The largest absolute Gasteiger partial charge is 0.342 e. The predicted molar refractivity (Wildman–Crippen MR) is 182 cm³/mol. The molecule has 0 N–H and O–H groups in total. The number of fused-ring (bicyclic) bond motifs is 2. The monoisotopic (exact) mass is 570 g/mol. The van der Waals surface area contributed by atoms with Crippen LogP contribution in [0.15, 0.2) is 36.9 Å². The lowest BCUT2D eigenvalue weighted by atomic mass is 9.71. The summed E-state index contributed by atoms with van der Waals surface area (Å²) in [6.07, 6.45) is 10.9. The molecule has 0 aliphatic heterocycles. The van der Waals surface area contributed by atoms with Crippen LogP contribution >= 0.6 is 0 Å². The molecular weight excluding hydrogens is 512 g/mol. The molecule has 4 heterocycles. The van der Waals surface area contributed by atoms with Crippen molar-refractivity contribution in [2.45, 2.75) is 156 Å². The number of aromatic nitrogens is 4. The fourth-order valence-electron chi connectivity index (χ4n) is 6.51. The highest BCUT2D eigenvalue weighted by molar-refractivity contribution is 5.89. The van der Waals surface area contributed by atoms with Gasteiger partial charge in [-0.1, -0.05) is 69.2 Å². The molecule has 4 heteroatoms. The van der Waals surface area contributed by atoms with Gasteiger partial charge in [0.25, 0.3) is 0 Å². The normalized spacial score (nSPS) is 14.4. The molecule has 4 aromatic rings. The molecule has 0 bridgehead atoms. The highest BCUT2D eigenvalue weighted by Crippen LogP contribution is 2.45. The Morgan fingerprint density at radius 1 is 0.524 bits per heavy atom. The third-order valence-electron chi connectivity index (χ3n) is 9.20. The number of pyridine rings is 2. The molecule has 0 fully saturated rings. The van der Waals surface area contributed by atoms with Gasteiger partial charge in [0, 0.05) is 52.1 Å². The Balaban J connectivity index is 1.84. The zero-order valence-corrected chi connectivity index (χ0v) is 29.7. The summed E-state index contributed by atoms with van der Waals surface area (Å²) in [5.41, 5.74) is 7.64. The van der Waals surface area contributed by atoms with E-state index in [-0.39, 0.29) is 32.7 Å². The van der Waals surface area contributed by atoms with Crippen LogP contribution in [0.3, 0.4) is 0 Å². The second-order valence-corrected chi connectivity index (χ2v) is 18.0. The summed E-state index contributed by atoms with van der Waals surface area (Å²) in [6.45, 7) is 37.3. The van der Waals surface area contributed by atoms with Gasteiger partial charge in [0.05, 0.1) is 11.2 Å². The van der Waals surface area contributed by atoms with Crippen LogP contribution in [-0.2, 0) is 32.7 Å². The molecule has 0 atom stereocenters. The molecule has 230 valence electrons. The highest BCUT2D eigenvalue weighted by atomic mass is 15.1. The predicted octanol–water partition coefficient (Wildman–Crippen LogP) is 10.5. The molecule has 4 nitrogen and oxygen atoms in total. The molecule has 42 heavy (non-hydrogen) atoms. The van der Waals surface area contributed by atoms with E-state index in [1.54, 1.807) is 0 Å². The highest BCUT2D eigenvalue weighted by Gasteiger charge is 2.36. The Kier molecular flexibility index (Phi) is 7.66. The average molecular weight is 571 g/mol. The summed E-state index contributed by atoms with van der Waals surface area (Å²) in [6, 6.07) is 4.49. The summed E-state index contributed by atoms with van der Waals surface area (Å²) < 4.78 is 4.85. The van der Waals surface area contributed by atoms with Gasteiger partial charge in [-0.2, -0.15) is 0 Å². The Morgan fingerprint density at radius 2 is 1.02 bits per heavy atom. The van der Waals surface area contributed by atoms with Crippen molar-refractivity contribution in [3.05, 3.63) is 59.3 Å². The summed E-state index contributed by atoms with van der Waals surface area (Å²) in [5.74, 6) is 0. The van der Waals surface area contributed by atoms with Gasteiger partial charge in [-0.05, 0) is 99.5 Å². The van der Waals surface area contributed by atoms with E-state index in [4.69, 9.17) is 9.97 Å². The number of nitrogens with zero attached hydrogens (tertiary/aromatic N) is 4. The summed E-state index contributed by atoms with van der Waals surface area (Å²) in [7, 11) is 0. The molecule has 0 amide bonds. The quantitative estimate of drug-likeness (QED) is 0.239. The van der Waals surface area contributed by atoms with Crippen molar-refractivity contribution >= 4 is 21.9 Å². The van der Waals surface area contributed by atoms with Crippen LogP contribution in [0.5, 0.6) is 0 Å². The number of hydrogen-bond acceptors (Lipinski definition) is 2. The first kappa shape index (κ1) is 32.3. The smallest absolute Gasteiger partial charge is 0.140 e. The van der Waals surface area contributed by atoms with Gasteiger partial charge in [0.1, 0.15) is 5.65 Å². The lowest BCUT2D eigenvalue weighted by Gasteiger charge is -2.33. The fraction of sp³-hybridized carbons (Fsp3) is 0.632. The van der Waals surface area contributed by atoms with E-state index in [0.717, 1.165) is 18.5 Å². The molecule has 0 spiro atoms. The third-order valence-corrected chi connectivity index (χ3v) is 9.20. The van der Waals surface area contributed by atoms with E-state index < -0.39 is 0 Å². The number of hydrogen-bond donors (Lipinski definition) is 0. The van der Waals surface area contributed by atoms with Crippen molar-refractivity contribution in [1.82, 2.24) is 19.1 Å². The van der Waals surface area contributed by atoms with Gasteiger partial charge >= 0.3 is 0 Å². The van der Waals surface area contributed by atoms with Gasteiger partial charge in [0.15, 0.2) is 0 Å². The van der Waals surface area contributed by atoms with Crippen molar-refractivity contribution in [2.75, 3.05) is 0 Å². The van der Waals surface area contributed by atoms with Gasteiger partial charge in [-0.25, -0.2) is 4.98 Å². The Labute approximate surface area is 256 Å². The maximum Gasteiger partial charge on any atom is 0.140 e. The molecule has 0 unspecified atom stereocenters. The minimum absolute atomic E-state index is 0.0193. The van der Waals surface area contributed by atoms with Crippen LogP contribution in [-0.4, -0.2) is 19.1 Å². The fourth-order valence-corrected chi connectivity index (χ4v) is 6.51. The first-order valence-electron chi connectivity index (χ1n) is 15.9. The van der Waals surface area contributed by atoms with Crippen LogP contribution in [0.25, 0.3) is 21.9 Å². The topological polar surface area (TPSA) is 35.6 Å². The van der Waals surface area contributed by atoms with E-state index in [0.29, 0.717) is 0 Å². The van der Waals surface area contributed by atoms with E-state index >= 15 is 0 Å². The van der Waals surface area contributed by atoms with Gasteiger partial charge in [-0.3, -0.25) is 4.98 Å². The van der Waals surface area contributed by atoms with Crippen molar-refractivity contribution in [2.24, 2.45) is 0 Å². The zero-order valence-electron chi connectivity index (χ0n) is 29.7. The van der Waals surface area contributed by atoms with Gasteiger partial charge in [-0.15, -0.1) is 0 Å². The lowest BCUT2D eigenvalue weighted by molar-refractivity contribution is 0.372. The molecule has 4 aromatic heterocycles. The summed E-state index contributed by atoms with van der Waals surface area (Å²) in [4.78, 5) is 9.93. The molecule has 0 saturated heterocycles. The Hall–Kier alpha value is -2.62. The first-order chi connectivity index (χ1) is 18.9. The Morgan fingerprint density at radius 3 is 1.52 bits per heavy atom. The van der Waals surface area contributed by atoms with E-state index in [1.165, 1.54) is 38.7 Å². The van der Waals surface area contributed by atoms with E-state index in [2.05, 4.69) is 144 Å². The van der Waals surface area contributed by atoms with Crippen LogP contribution in [0.2, 0.25) is 0 Å². The van der Waals surface area contributed by atoms with Gasteiger partial charge in [0.2, 0.25) is 0 Å². The molecule has 0 radical (unpaired) electrons. The van der Waals surface area contributed by atoms with Crippen molar-refractivity contribution in [3.8, 4) is 0 Å². The molecular formula is C38H58N4. The van der Waals surface area contributed by atoms with Gasteiger partial charge < -0.3 is 9.13 Å². The van der Waals surface area contributed by atoms with Crippen molar-refractivity contribution in [3.63, 3.8) is 0 Å². The first-order valence-corrected chi connectivity index (χ1v) is 15.9. The van der Waals surface area contributed by atoms with E-state index in [9.17, 15) is 0 Å². The SMILES string of the molecule is CC(C)(C)c1nccc2c1c(C(C)(C)CCC(C)(C)c1ccnc3c1c(C(C)(C)C)cn3C(C)(C)C)cn2C(C)(C)C. The molecule has 0 aromatic carbocycles. The van der Waals surface area contributed by atoms with Crippen LogP contribution < -0.4 is 0 Å². The molecule has 0 aliphatic carbocycles. The minimum Gasteiger partial charge on any atom is -0.342 e. The molecule has 0 saturated carbocycles. The second-order valence-electron chi connectivity index (χ2n) is 18.0. The second kappa shape index (κ2) is 9.96. The van der Waals surface area contributed by atoms with Crippen molar-refractivity contribution < 1.29 is 0 Å². The number of rotatable bonds is 5. The minimum atomic E-state index is -0.0421. The van der Waals surface area contributed by atoms with Crippen molar-refractivity contribution in [1.29, 1.82) is 0 Å². The van der Waals surface area contributed by atoms with Crippen LogP contribution in [0.4, 0.5) is 0 Å². The molecule has 0 aliphatic rings.